The van der Waals surface area contributed by atoms with Gasteiger partial charge in [-0.15, -0.1) is 11.3 Å². The maximum Gasteiger partial charge on any atom is 0.266 e. The second-order valence-electron chi connectivity index (χ2n) is 5.07. The van der Waals surface area contributed by atoms with Gasteiger partial charge < -0.3 is 9.64 Å². The fraction of sp³-hybridized carbons (Fsp3) is 0.333. The van der Waals surface area contributed by atoms with E-state index in [1.165, 1.54) is 11.3 Å². The number of pyridine rings is 1. The SMILES string of the molecule is Cc1nc(C)c(C(=O)N2CC(Oc3ncccc3C#N)C2)s1. The van der Waals surface area contributed by atoms with Gasteiger partial charge in [0.2, 0.25) is 5.88 Å². The van der Waals surface area contributed by atoms with E-state index in [-0.39, 0.29) is 12.0 Å². The number of amides is 1. The third-order valence-electron chi connectivity index (χ3n) is 3.40. The summed E-state index contributed by atoms with van der Waals surface area (Å²) in [7, 11) is 0. The molecule has 2 aromatic rings. The van der Waals surface area contributed by atoms with E-state index >= 15 is 0 Å². The van der Waals surface area contributed by atoms with Crippen LogP contribution in [0.25, 0.3) is 0 Å². The molecule has 1 saturated heterocycles. The first-order valence-electron chi connectivity index (χ1n) is 6.83. The smallest absolute Gasteiger partial charge is 0.266 e. The molecule has 1 aliphatic heterocycles. The van der Waals surface area contributed by atoms with Gasteiger partial charge in [-0.25, -0.2) is 9.97 Å². The van der Waals surface area contributed by atoms with Crippen LogP contribution in [0.3, 0.4) is 0 Å². The molecule has 0 bridgehead atoms. The molecule has 6 nitrogen and oxygen atoms in total. The zero-order chi connectivity index (χ0) is 15.7. The maximum atomic E-state index is 12.4. The lowest BCUT2D eigenvalue weighted by atomic mass is 10.1. The fourth-order valence-corrected chi connectivity index (χ4v) is 3.17. The van der Waals surface area contributed by atoms with Gasteiger partial charge in [0.05, 0.1) is 23.8 Å². The van der Waals surface area contributed by atoms with E-state index < -0.39 is 0 Å². The van der Waals surface area contributed by atoms with Crippen molar-refractivity contribution in [3.05, 3.63) is 39.5 Å². The summed E-state index contributed by atoms with van der Waals surface area (Å²) < 4.78 is 5.68. The molecule has 0 saturated carbocycles. The third-order valence-corrected chi connectivity index (χ3v) is 4.46. The highest BCUT2D eigenvalue weighted by molar-refractivity contribution is 7.13. The van der Waals surface area contributed by atoms with E-state index in [4.69, 9.17) is 10.00 Å². The Labute approximate surface area is 132 Å². The van der Waals surface area contributed by atoms with Crippen LogP contribution in [0.15, 0.2) is 18.3 Å². The van der Waals surface area contributed by atoms with Crippen molar-refractivity contribution >= 4 is 17.2 Å². The number of hydrogen-bond acceptors (Lipinski definition) is 6. The van der Waals surface area contributed by atoms with Crippen molar-refractivity contribution in [1.82, 2.24) is 14.9 Å². The summed E-state index contributed by atoms with van der Waals surface area (Å²) in [4.78, 5) is 23.1. The van der Waals surface area contributed by atoms with Crippen molar-refractivity contribution in [2.45, 2.75) is 20.0 Å². The Hall–Kier alpha value is -2.46. The summed E-state index contributed by atoms with van der Waals surface area (Å²) in [6, 6.07) is 5.40. The van der Waals surface area contributed by atoms with Gasteiger partial charge in [-0.05, 0) is 26.0 Å². The molecule has 22 heavy (non-hydrogen) atoms. The average Bonchev–Trinajstić information content (AvgIpc) is 2.81. The maximum absolute atomic E-state index is 12.4. The van der Waals surface area contributed by atoms with E-state index in [2.05, 4.69) is 9.97 Å². The topological polar surface area (TPSA) is 79.1 Å². The molecule has 7 heteroatoms. The minimum Gasteiger partial charge on any atom is -0.470 e. The molecule has 0 radical (unpaired) electrons. The van der Waals surface area contributed by atoms with Crippen molar-refractivity contribution < 1.29 is 9.53 Å². The number of hydrogen-bond donors (Lipinski definition) is 0. The van der Waals surface area contributed by atoms with Gasteiger partial charge in [-0.3, -0.25) is 4.79 Å². The number of likely N-dealkylation sites (tertiary alicyclic amines) is 1. The highest BCUT2D eigenvalue weighted by Crippen LogP contribution is 2.24. The number of carbonyl (C=O) groups is 1. The van der Waals surface area contributed by atoms with E-state index in [1.54, 1.807) is 23.2 Å². The summed E-state index contributed by atoms with van der Waals surface area (Å²) in [5, 5.41) is 9.89. The standard InChI is InChI=1S/C15H14N4O2S/c1-9-13(22-10(2)18-9)15(20)19-7-12(8-19)21-14-11(6-16)4-3-5-17-14/h3-5,12H,7-8H2,1-2H3. The Bertz CT molecular complexity index is 759. The number of thiazole rings is 1. The van der Waals surface area contributed by atoms with Crippen LogP contribution in [0, 0.1) is 25.2 Å². The van der Waals surface area contributed by atoms with E-state index in [9.17, 15) is 4.79 Å². The van der Waals surface area contributed by atoms with Crippen LogP contribution < -0.4 is 4.74 Å². The Balaban J connectivity index is 1.62. The van der Waals surface area contributed by atoms with E-state index in [0.29, 0.717) is 29.4 Å². The van der Waals surface area contributed by atoms with Gasteiger partial charge in [0, 0.05) is 6.20 Å². The molecular formula is C15H14N4O2S. The molecule has 0 N–H and O–H groups in total. The lowest BCUT2D eigenvalue weighted by molar-refractivity contribution is 0.0162. The summed E-state index contributed by atoms with van der Waals surface area (Å²) in [5.41, 5.74) is 1.18. The van der Waals surface area contributed by atoms with Crippen LogP contribution >= 0.6 is 11.3 Å². The molecule has 2 aromatic heterocycles. The molecule has 0 aliphatic carbocycles. The van der Waals surface area contributed by atoms with E-state index in [0.717, 1.165) is 10.7 Å². The van der Waals surface area contributed by atoms with Crippen molar-refractivity contribution in [3.63, 3.8) is 0 Å². The van der Waals surface area contributed by atoms with Crippen LogP contribution in [-0.4, -0.2) is 40.0 Å². The van der Waals surface area contributed by atoms with Crippen LogP contribution in [0.5, 0.6) is 5.88 Å². The predicted octanol–water partition coefficient (Wildman–Crippen LogP) is 1.93. The van der Waals surface area contributed by atoms with Crippen LogP contribution in [0.2, 0.25) is 0 Å². The molecule has 1 fully saturated rings. The molecule has 3 rings (SSSR count). The van der Waals surface area contributed by atoms with Gasteiger partial charge in [-0.1, -0.05) is 0 Å². The number of aryl methyl sites for hydroxylation is 2. The molecular weight excluding hydrogens is 300 g/mol. The Morgan fingerprint density at radius 2 is 2.27 bits per heavy atom. The van der Waals surface area contributed by atoms with Gasteiger partial charge in [0.25, 0.3) is 5.91 Å². The number of nitriles is 1. The lowest BCUT2D eigenvalue weighted by Crippen LogP contribution is -2.56. The Morgan fingerprint density at radius 1 is 1.50 bits per heavy atom. The predicted molar refractivity (Wildman–Crippen MR) is 80.9 cm³/mol. The van der Waals surface area contributed by atoms with Gasteiger partial charge >= 0.3 is 0 Å². The highest BCUT2D eigenvalue weighted by atomic mass is 32.1. The van der Waals surface area contributed by atoms with Crippen molar-refractivity contribution in [3.8, 4) is 11.9 Å². The molecule has 0 atom stereocenters. The number of rotatable bonds is 3. The van der Waals surface area contributed by atoms with Crippen molar-refractivity contribution in [1.29, 1.82) is 5.26 Å². The molecule has 0 aromatic carbocycles. The Morgan fingerprint density at radius 3 is 2.91 bits per heavy atom. The lowest BCUT2D eigenvalue weighted by Gasteiger charge is -2.38. The number of nitrogens with zero attached hydrogens (tertiary/aromatic N) is 4. The van der Waals surface area contributed by atoms with Gasteiger partial charge in [0.1, 0.15) is 22.6 Å². The largest absolute Gasteiger partial charge is 0.470 e. The zero-order valence-electron chi connectivity index (χ0n) is 12.2. The van der Waals surface area contributed by atoms with Crippen LogP contribution in [0.4, 0.5) is 0 Å². The number of aromatic nitrogens is 2. The first-order valence-corrected chi connectivity index (χ1v) is 7.65. The third kappa shape index (κ3) is 2.65. The number of ether oxygens (including phenoxy) is 1. The molecule has 0 unspecified atom stereocenters. The van der Waals surface area contributed by atoms with Crippen molar-refractivity contribution in [2.75, 3.05) is 13.1 Å². The highest BCUT2D eigenvalue weighted by Gasteiger charge is 2.35. The minimum atomic E-state index is -0.125. The summed E-state index contributed by atoms with van der Waals surface area (Å²) in [6.45, 7) is 4.73. The second kappa shape index (κ2) is 5.73. The van der Waals surface area contributed by atoms with E-state index in [1.807, 2.05) is 19.9 Å². The first-order chi connectivity index (χ1) is 10.6. The normalized spacial score (nSPS) is 14.3. The summed E-state index contributed by atoms with van der Waals surface area (Å²) >= 11 is 1.41. The van der Waals surface area contributed by atoms with Crippen LogP contribution in [0.1, 0.15) is 25.9 Å². The molecule has 112 valence electrons. The molecule has 1 aliphatic rings. The van der Waals surface area contributed by atoms with Crippen LogP contribution in [-0.2, 0) is 0 Å². The average molecular weight is 314 g/mol. The summed E-state index contributed by atoms with van der Waals surface area (Å²) in [5.74, 6) is 0.316. The minimum absolute atomic E-state index is 0.00974. The second-order valence-corrected chi connectivity index (χ2v) is 6.27. The molecule has 0 spiro atoms. The van der Waals surface area contributed by atoms with Gasteiger partial charge in [-0.2, -0.15) is 5.26 Å². The quantitative estimate of drug-likeness (QED) is 0.865. The fourth-order valence-electron chi connectivity index (χ4n) is 2.28. The summed E-state index contributed by atoms with van der Waals surface area (Å²) in [6.07, 6.45) is 1.46. The van der Waals surface area contributed by atoms with Crippen molar-refractivity contribution in [2.24, 2.45) is 0 Å². The zero-order valence-corrected chi connectivity index (χ0v) is 13.1. The van der Waals surface area contributed by atoms with Gasteiger partial charge in [0.15, 0.2) is 0 Å². The Kier molecular flexibility index (Phi) is 3.77. The first kappa shape index (κ1) is 14.5. The monoisotopic (exact) mass is 314 g/mol. The number of carbonyl (C=O) groups excluding carboxylic acids is 1. The molecule has 3 heterocycles. The molecule has 1 amide bonds.